The van der Waals surface area contributed by atoms with Gasteiger partial charge in [0.05, 0.1) is 11.6 Å². The number of aryl methyl sites for hydroxylation is 2. The fourth-order valence-corrected chi connectivity index (χ4v) is 5.10. The smallest absolute Gasteiger partial charge is 0.252 e. The Balaban J connectivity index is 1.36. The summed E-state index contributed by atoms with van der Waals surface area (Å²) >= 11 is 0. The molecule has 5 rings (SSSR count). The van der Waals surface area contributed by atoms with Crippen molar-refractivity contribution in [2.45, 2.75) is 50.8 Å². The lowest BCUT2D eigenvalue weighted by Crippen LogP contribution is -2.35. The first-order valence-corrected chi connectivity index (χ1v) is 11.8. The van der Waals surface area contributed by atoms with Gasteiger partial charge in [-0.1, -0.05) is 48.0 Å². The second kappa shape index (κ2) is 8.47. The molecule has 172 valence electrons. The first kappa shape index (κ1) is 21.9. The fourth-order valence-electron chi connectivity index (χ4n) is 5.10. The highest BCUT2D eigenvalue weighted by molar-refractivity contribution is 5.97. The van der Waals surface area contributed by atoms with Crippen LogP contribution in [-0.4, -0.2) is 48.3 Å². The van der Waals surface area contributed by atoms with E-state index in [9.17, 15) is 9.90 Å². The molecule has 1 aliphatic heterocycles. The van der Waals surface area contributed by atoms with E-state index in [4.69, 9.17) is 4.74 Å². The Morgan fingerprint density at radius 3 is 2.67 bits per heavy atom. The van der Waals surface area contributed by atoms with Crippen LogP contribution in [0.3, 0.4) is 0 Å². The quantitative estimate of drug-likeness (QED) is 0.595. The summed E-state index contributed by atoms with van der Waals surface area (Å²) in [4.78, 5) is 15.5. The number of fused-ring (bicyclic) bond motifs is 1. The second-order valence-corrected chi connectivity index (χ2v) is 9.84. The van der Waals surface area contributed by atoms with Crippen molar-refractivity contribution in [3.05, 3.63) is 76.9 Å². The van der Waals surface area contributed by atoms with Crippen molar-refractivity contribution in [2.24, 2.45) is 0 Å². The van der Waals surface area contributed by atoms with Crippen LogP contribution in [0.1, 0.15) is 46.3 Å². The van der Waals surface area contributed by atoms with Gasteiger partial charge in [0.15, 0.2) is 0 Å². The summed E-state index contributed by atoms with van der Waals surface area (Å²) in [6, 6.07) is 18.7. The van der Waals surface area contributed by atoms with E-state index >= 15 is 0 Å². The second-order valence-electron chi connectivity index (χ2n) is 9.84. The van der Waals surface area contributed by atoms with Crippen molar-refractivity contribution in [2.75, 3.05) is 20.2 Å². The van der Waals surface area contributed by atoms with E-state index in [-0.39, 0.29) is 23.6 Å². The molecule has 1 unspecified atom stereocenters. The van der Waals surface area contributed by atoms with E-state index in [2.05, 4.69) is 53.5 Å². The van der Waals surface area contributed by atoms with E-state index in [1.54, 1.807) is 0 Å². The summed E-state index contributed by atoms with van der Waals surface area (Å²) in [5, 5.41) is 15.6. The van der Waals surface area contributed by atoms with Gasteiger partial charge in [-0.2, -0.15) is 0 Å². The minimum atomic E-state index is -0.311. The molecule has 1 saturated carbocycles. The number of rotatable bonds is 6. The number of likely N-dealkylation sites (tertiary alicyclic amines) is 1. The van der Waals surface area contributed by atoms with E-state index < -0.39 is 0 Å². The average molecular weight is 445 g/mol. The van der Waals surface area contributed by atoms with Crippen LogP contribution in [0.4, 0.5) is 0 Å². The van der Waals surface area contributed by atoms with E-state index in [0.29, 0.717) is 30.9 Å². The zero-order valence-corrected chi connectivity index (χ0v) is 19.6. The molecule has 33 heavy (non-hydrogen) atoms. The summed E-state index contributed by atoms with van der Waals surface area (Å²) in [6.07, 6.45) is 2.30. The molecule has 1 heterocycles. The Bertz CT molecular complexity index is 1200. The van der Waals surface area contributed by atoms with Gasteiger partial charge in [0.25, 0.3) is 5.91 Å². The van der Waals surface area contributed by atoms with Crippen LogP contribution in [-0.2, 0) is 5.54 Å². The van der Waals surface area contributed by atoms with Crippen LogP contribution in [0.15, 0.2) is 54.6 Å². The molecule has 0 spiro atoms. The number of likely N-dealkylation sites (N-methyl/N-ethyl adjacent to an activating group) is 1. The molecule has 0 bridgehead atoms. The van der Waals surface area contributed by atoms with Crippen molar-refractivity contribution in [3.8, 4) is 5.75 Å². The average Bonchev–Trinajstić information content (AvgIpc) is 3.49. The zero-order chi connectivity index (χ0) is 23.2. The molecule has 5 nitrogen and oxygen atoms in total. The highest BCUT2D eigenvalue weighted by Gasteiger charge is 2.47. The number of benzene rings is 3. The third-order valence-corrected chi connectivity index (χ3v) is 7.19. The van der Waals surface area contributed by atoms with Crippen molar-refractivity contribution in [1.29, 1.82) is 0 Å². The fraction of sp³-hybridized carbons (Fsp3) is 0.393. The molecule has 5 heteroatoms. The van der Waals surface area contributed by atoms with Gasteiger partial charge >= 0.3 is 0 Å². The maximum atomic E-state index is 13.4. The van der Waals surface area contributed by atoms with Gasteiger partial charge < -0.3 is 15.2 Å². The van der Waals surface area contributed by atoms with Crippen LogP contribution in [0, 0.1) is 13.8 Å². The number of carbonyl (C=O) groups is 1. The first-order valence-electron chi connectivity index (χ1n) is 11.8. The SMILES string of the molecule is Cc1cc(C2(NC(=O)c3cc(OCC4C[C@H](O)CN4C)ccc3C)CC2)c2ccccc2c1. The molecule has 2 aliphatic rings. The van der Waals surface area contributed by atoms with Crippen molar-refractivity contribution in [1.82, 2.24) is 10.2 Å². The van der Waals surface area contributed by atoms with Gasteiger partial charge in [0.1, 0.15) is 12.4 Å². The number of amides is 1. The lowest BCUT2D eigenvalue weighted by atomic mass is 9.94. The third-order valence-electron chi connectivity index (χ3n) is 7.19. The van der Waals surface area contributed by atoms with Crippen LogP contribution < -0.4 is 10.1 Å². The third kappa shape index (κ3) is 4.35. The van der Waals surface area contributed by atoms with E-state index in [0.717, 1.165) is 18.4 Å². The van der Waals surface area contributed by atoms with Gasteiger partial charge in [0.2, 0.25) is 0 Å². The molecule has 2 atom stereocenters. The lowest BCUT2D eigenvalue weighted by Gasteiger charge is -2.22. The van der Waals surface area contributed by atoms with E-state index in [1.807, 2.05) is 32.2 Å². The number of nitrogens with zero attached hydrogens (tertiary/aromatic N) is 1. The molecule has 3 aromatic carbocycles. The molecule has 3 aromatic rings. The molecule has 1 aliphatic carbocycles. The number of aliphatic hydroxyl groups is 1. The van der Waals surface area contributed by atoms with Gasteiger partial charge in [-0.25, -0.2) is 0 Å². The van der Waals surface area contributed by atoms with Gasteiger partial charge in [0, 0.05) is 18.2 Å². The summed E-state index contributed by atoms with van der Waals surface area (Å²) in [7, 11) is 2.00. The largest absolute Gasteiger partial charge is 0.492 e. The van der Waals surface area contributed by atoms with Crippen molar-refractivity contribution >= 4 is 16.7 Å². The van der Waals surface area contributed by atoms with Crippen LogP contribution in [0.2, 0.25) is 0 Å². The number of hydrogen-bond donors (Lipinski definition) is 2. The maximum absolute atomic E-state index is 13.4. The minimum Gasteiger partial charge on any atom is -0.492 e. The molecule has 1 saturated heterocycles. The van der Waals surface area contributed by atoms with Crippen molar-refractivity contribution < 1.29 is 14.6 Å². The Morgan fingerprint density at radius 1 is 1.15 bits per heavy atom. The van der Waals surface area contributed by atoms with Gasteiger partial charge in [-0.3, -0.25) is 9.69 Å². The molecule has 1 amide bonds. The first-order chi connectivity index (χ1) is 15.8. The summed E-state index contributed by atoms with van der Waals surface area (Å²) < 4.78 is 6.03. The van der Waals surface area contributed by atoms with Crippen molar-refractivity contribution in [3.63, 3.8) is 0 Å². The van der Waals surface area contributed by atoms with E-state index in [1.165, 1.54) is 21.9 Å². The Morgan fingerprint density at radius 2 is 1.94 bits per heavy atom. The predicted molar refractivity (Wildman–Crippen MR) is 131 cm³/mol. The molecular formula is C28H32N2O3. The molecule has 2 fully saturated rings. The normalized spacial score (nSPS) is 21.8. The topological polar surface area (TPSA) is 61.8 Å². The number of β-amino-alcohol motifs (C(OH)–C–C–N with tert-alkyl or cyclic N) is 1. The van der Waals surface area contributed by atoms with Gasteiger partial charge in [-0.15, -0.1) is 0 Å². The summed E-state index contributed by atoms with van der Waals surface area (Å²) in [6.45, 7) is 5.24. The molecule has 0 radical (unpaired) electrons. The number of hydrogen-bond acceptors (Lipinski definition) is 4. The minimum absolute atomic E-state index is 0.0607. The highest BCUT2D eigenvalue weighted by atomic mass is 16.5. The molecule has 0 aromatic heterocycles. The Hall–Kier alpha value is -2.89. The standard InChI is InChI=1S/C28H32N2O3/c1-18-12-20-6-4-5-7-24(20)26(13-18)28(10-11-28)29-27(32)25-15-23(9-8-19(25)2)33-17-21-14-22(31)16-30(21)3/h4-9,12-13,15,21-22,31H,10-11,14,16-17H2,1-3H3,(H,29,32)/t21?,22-/m0/s1. The zero-order valence-electron chi connectivity index (χ0n) is 19.6. The van der Waals surface area contributed by atoms with Crippen LogP contribution in [0.5, 0.6) is 5.75 Å². The Kier molecular flexibility index (Phi) is 5.63. The maximum Gasteiger partial charge on any atom is 0.252 e. The molecule has 2 N–H and O–H groups in total. The number of carbonyl (C=O) groups excluding carboxylic acids is 1. The summed E-state index contributed by atoms with van der Waals surface area (Å²) in [5.74, 6) is 0.626. The number of nitrogens with one attached hydrogen (secondary N) is 1. The van der Waals surface area contributed by atoms with Crippen LogP contribution in [0.25, 0.3) is 10.8 Å². The summed E-state index contributed by atoms with van der Waals surface area (Å²) in [5.41, 5.74) is 3.68. The lowest BCUT2D eigenvalue weighted by molar-refractivity contribution is 0.0930. The monoisotopic (exact) mass is 444 g/mol. The van der Waals surface area contributed by atoms with Gasteiger partial charge in [-0.05, 0) is 74.2 Å². The highest BCUT2D eigenvalue weighted by Crippen LogP contribution is 2.48. The molecular weight excluding hydrogens is 412 g/mol. The number of aliphatic hydroxyl groups excluding tert-OH is 1. The van der Waals surface area contributed by atoms with Crippen LogP contribution >= 0.6 is 0 Å². The predicted octanol–water partition coefficient (Wildman–Crippen LogP) is 4.32. The number of ether oxygens (including phenoxy) is 1. The Labute approximate surface area is 195 Å².